The Hall–Kier alpha value is -1.30. The average Bonchev–Trinajstić information content (AvgIpc) is 1.82. The van der Waals surface area contributed by atoms with Gasteiger partial charge in [-0.1, -0.05) is 0 Å². The number of carbonyl (C=O) groups excluding carboxylic acids is 1. The highest BCUT2D eigenvalue weighted by Crippen LogP contribution is 2.27. The normalized spacial score (nSPS) is 15.6. The van der Waals surface area contributed by atoms with Gasteiger partial charge in [-0.2, -0.15) is 5.26 Å². The van der Waals surface area contributed by atoms with Crippen LogP contribution in [0.2, 0.25) is 0 Å². The summed E-state index contributed by atoms with van der Waals surface area (Å²) in [7, 11) is 0. The lowest BCUT2D eigenvalue weighted by atomic mass is 9.98. The van der Waals surface area contributed by atoms with Crippen LogP contribution in [0, 0.1) is 11.3 Å². The number of rotatable bonds is 1. The molecule has 0 bridgehead atoms. The van der Waals surface area contributed by atoms with E-state index < -0.39 is 0 Å². The maximum atomic E-state index is 10.3. The highest BCUT2D eigenvalue weighted by molar-refractivity contribution is 5.68. The fraction of sp³-hybridized carbons (Fsp3) is 0.429. The van der Waals surface area contributed by atoms with Crippen molar-refractivity contribution in [2.75, 3.05) is 0 Å². The van der Waals surface area contributed by atoms with Gasteiger partial charge in [0.2, 0.25) is 0 Å². The zero-order valence-corrected chi connectivity index (χ0v) is 5.68. The van der Waals surface area contributed by atoms with Crippen LogP contribution in [0.3, 0.4) is 0 Å². The van der Waals surface area contributed by atoms with Crippen molar-refractivity contribution < 1.29 is 9.53 Å². The van der Waals surface area contributed by atoms with E-state index in [1.54, 1.807) is 0 Å². The summed E-state index contributed by atoms with van der Waals surface area (Å²) in [5.41, 5.74) is 0.607. The molecule has 0 aromatic heterocycles. The van der Waals surface area contributed by atoms with E-state index in [0.717, 1.165) is 12.8 Å². The van der Waals surface area contributed by atoms with Gasteiger partial charge in [0.25, 0.3) is 0 Å². The number of hydrogen-bond donors (Lipinski definition) is 0. The van der Waals surface area contributed by atoms with Crippen LogP contribution in [0.25, 0.3) is 0 Å². The van der Waals surface area contributed by atoms with Crippen LogP contribution in [-0.4, -0.2) is 5.97 Å². The van der Waals surface area contributed by atoms with Crippen LogP contribution >= 0.6 is 0 Å². The van der Waals surface area contributed by atoms with Crippen molar-refractivity contribution in [3.8, 4) is 6.07 Å². The molecule has 0 saturated heterocycles. The Morgan fingerprint density at radius 2 is 2.40 bits per heavy atom. The molecular weight excluding hydrogens is 130 g/mol. The van der Waals surface area contributed by atoms with Crippen LogP contribution in [0.4, 0.5) is 0 Å². The third-order valence-electron chi connectivity index (χ3n) is 1.34. The van der Waals surface area contributed by atoms with Gasteiger partial charge in [0.1, 0.15) is 5.76 Å². The molecule has 0 radical (unpaired) electrons. The van der Waals surface area contributed by atoms with Crippen LogP contribution in [-0.2, 0) is 9.53 Å². The van der Waals surface area contributed by atoms with Crippen molar-refractivity contribution in [2.24, 2.45) is 0 Å². The lowest BCUT2D eigenvalue weighted by Crippen LogP contribution is -2.09. The second-order valence-electron chi connectivity index (χ2n) is 2.11. The second kappa shape index (κ2) is 2.53. The Labute approximate surface area is 58.9 Å². The molecule has 1 aliphatic rings. The number of carbonyl (C=O) groups is 1. The Bertz CT molecular complexity index is 234. The second-order valence-corrected chi connectivity index (χ2v) is 2.11. The summed E-state index contributed by atoms with van der Waals surface area (Å²) in [6, 6.07) is 1.96. The van der Waals surface area contributed by atoms with Gasteiger partial charge in [-0.15, -0.1) is 0 Å². The molecule has 1 aliphatic carbocycles. The van der Waals surface area contributed by atoms with Crippen molar-refractivity contribution in [3.63, 3.8) is 0 Å². The molecule has 0 spiro atoms. The van der Waals surface area contributed by atoms with Crippen molar-refractivity contribution in [1.29, 1.82) is 5.26 Å². The molecule has 0 atom stereocenters. The topological polar surface area (TPSA) is 50.1 Å². The Morgan fingerprint density at radius 3 is 2.70 bits per heavy atom. The molecule has 0 saturated carbocycles. The Morgan fingerprint density at radius 1 is 1.70 bits per heavy atom. The van der Waals surface area contributed by atoms with Crippen molar-refractivity contribution in [2.45, 2.75) is 19.8 Å². The zero-order valence-electron chi connectivity index (χ0n) is 5.68. The molecule has 0 aromatic carbocycles. The summed E-state index contributed by atoms with van der Waals surface area (Å²) in [6.45, 7) is 1.33. The van der Waals surface area contributed by atoms with Gasteiger partial charge in [0.15, 0.2) is 0 Å². The van der Waals surface area contributed by atoms with Crippen molar-refractivity contribution in [3.05, 3.63) is 11.3 Å². The van der Waals surface area contributed by atoms with Gasteiger partial charge in [-0.3, -0.25) is 4.79 Å². The summed E-state index contributed by atoms with van der Waals surface area (Å²) in [5, 5.41) is 8.37. The zero-order chi connectivity index (χ0) is 7.56. The smallest absolute Gasteiger partial charge is 0.307 e. The van der Waals surface area contributed by atoms with Crippen LogP contribution < -0.4 is 0 Å². The summed E-state index contributed by atoms with van der Waals surface area (Å²) < 4.78 is 4.71. The summed E-state index contributed by atoms with van der Waals surface area (Å²) in [4.78, 5) is 10.3. The molecule has 10 heavy (non-hydrogen) atoms. The minimum absolute atomic E-state index is 0.345. The molecule has 0 amide bonds. The molecule has 0 unspecified atom stereocenters. The first-order chi connectivity index (χ1) is 4.74. The third kappa shape index (κ3) is 1.16. The van der Waals surface area contributed by atoms with Crippen LogP contribution in [0.5, 0.6) is 0 Å². The van der Waals surface area contributed by atoms with Crippen LogP contribution in [0.1, 0.15) is 19.8 Å². The number of ether oxygens (including phenoxy) is 1. The minimum Gasteiger partial charge on any atom is -0.430 e. The summed E-state index contributed by atoms with van der Waals surface area (Å²) in [6.07, 6.45) is 1.47. The highest BCUT2D eigenvalue weighted by Gasteiger charge is 2.19. The SMILES string of the molecule is CC(=O)OC1=C(C#N)CC1. The molecular formula is C7H7NO2. The monoisotopic (exact) mass is 137 g/mol. The standard InChI is InChI=1S/C7H7NO2/c1-5(9)10-7-3-2-6(7)4-8/h2-3H2,1H3. The minimum atomic E-state index is -0.345. The van der Waals surface area contributed by atoms with Crippen molar-refractivity contribution >= 4 is 5.97 Å². The van der Waals surface area contributed by atoms with Gasteiger partial charge in [-0.05, 0) is 6.42 Å². The van der Waals surface area contributed by atoms with E-state index in [-0.39, 0.29) is 5.97 Å². The molecule has 0 N–H and O–H groups in total. The summed E-state index contributed by atoms with van der Waals surface area (Å²) >= 11 is 0. The number of allylic oxidation sites excluding steroid dienone is 2. The maximum absolute atomic E-state index is 10.3. The van der Waals surface area contributed by atoms with Gasteiger partial charge in [-0.25, -0.2) is 0 Å². The Balaban J connectivity index is 2.59. The van der Waals surface area contributed by atoms with E-state index in [2.05, 4.69) is 0 Å². The molecule has 52 valence electrons. The average molecular weight is 137 g/mol. The number of esters is 1. The van der Waals surface area contributed by atoms with Gasteiger partial charge < -0.3 is 4.74 Å². The first-order valence-corrected chi connectivity index (χ1v) is 3.04. The van der Waals surface area contributed by atoms with Crippen molar-refractivity contribution in [1.82, 2.24) is 0 Å². The molecule has 0 aromatic rings. The number of hydrogen-bond acceptors (Lipinski definition) is 3. The lowest BCUT2D eigenvalue weighted by molar-refractivity contribution is -0.137. The van der Waals surface area contributed by atoms with E-state index >= 15 is 0 Å². The first kappa shape index (κ1) is 6.81. The summed E-state index contributed by atoms with van der Waals surface area (Å²) in [5.74, 6) is 0.206. The third-order valence-corrected chi connectivity index (χ3v) is 1.34. The van der Waals surface area contributed by atoms with E-state index in [9.17, 15) is 4.79 Å². The predicted molar refractivity (Wildman–Crippen MR) is 33.6 cm³/mol. The van der Waals surface area contributed by atoms with Gasteiger partial charge >= 0.3 is 5.97 Å². The van der Waals surface area contributed by atoms with E-state index in [4.69, 9.17) is 10.00 Å². The molecule has 0 fully saturated rings. The van der Waals surface area contributed by atoms with E-state index in [1.807, 2.05) is 6.07 Å². The quantitative estimate of drug-likeness (QED) is 0.509. The number of nitrogens with zero attached hydrogens (tertiary/aromatic N) is 1. The van der Waals surface area contributed by atoms with E-state index in [1.165, 1.54) is 6.92 Å². The predicted octanol–water partition coefficient (Wildman–Crippen LogP) is 1.12. The molecule has 0 heterocycles. The van der Waals surface area contributed by atoms with Crippen LogP contribution in [0.15, 0.2) is 11.3 Å². The first-order valence-electron chi connectivity index (χ1n) is 3.04. The lowest BCUT2D eigenvalue weighted by Gasteiger charge is -2.16. The Kier molecular flexibility index (Phi) is 1.72. The van der Waals surface area contributed by atoms with E-state index in [0.29, 0.717) is 11.3 Å². The maximum Gasteiger partial charge on any atom is 0.307 e. The largest absolute Gasteiger partial charge is 0.430 e. The highest BCUT2D eigenvalue weighted by atomic mass is 16.5. The fourth-order valence-electron chi connectivity index (χ4n) is 0.756. The molecule has 1 rings (SSSR count). The fourth-order valence-corrected chi connectivity index (χ4v) is 0.756. The molecule has 3 nitrogen and oxygen atoms in total. The van der Waals surface area contributed by atoms with Gasteiger partial charge in [0.05, 0.1) is 11.6 Å². The van der Waals surface area contributed by atoms with Gasteiger partial charge in [0, 0.05) is 13.3 Å². The molecule has 0 aliphatic heterocycles. The number of nitriles is 1. The molecule has 3 heteroatoms.